The molecule has 0 amide bonds. The summed E-state index contributed by atoms with van der Waals surface area (Å²) in [4.78, 5) is 14.4. The fourth-order valence-electron chi connectivity index (χ4n) is 3.50. The van der Waals surface area contributed by atoms with Gasteiger partial charge in [-0.3, -0.25) is 4.79 Å². The van der Waals surface area contributed by atoms with Crippen molar-refractivity contribution in [1.82, 2.24) is 10.2 Å². The minimum absolute atomic E-state index is 0.0298. The third kappa shape index (κ3) is 3.93. The van der Waals surface area contributed by atoms with E-state index in [1.807, 2.05) is 0 Å². The van der Waals surface area contributed by atoms with Crippen molar-refractivity contribution in [1.29, 1.82) is 0 Å². The zero-order chi connectivity index (χ0) is 13.7. The van der Waals surface area contributed by atoms with E-state index >= 15 is 0 Å². The minimum atomic E-state index is -0.0338. The van der Waals surface area contributed by atoms with Gasteiger partial charge < -0.3 is 15.0 Å². The molecule has 2 atom stereocenters. The van der Waals surface area contributed by atoms with Crippen LogP contribution in [0.5, 0.6) is 0 Å². The Hall–Kier alpha value is -0.610. The second kappa shape index (κ2) is 7.25. The SMILES string of the molecule is CCN1CCC(C(CNC2CCCC2)C(=O)OC)C1. The molecule has 2 rings (SSSR count). The van der Waals surface area contributed by atoms with Gasteiger partial charge in [0.2, 0.25) is 0 Å². The molecule has 0 aromatic rings. The van der Waals surface area contributed by atoms with Crippen LogP contribution in [-0.2, 0) is 9.53 Å². The average molecular weight is 268 g/mol. The first-order valence-electron chi connectivity index (χ1n) is 7.78. The lowest BCUT2D eigenvalue weighted by Crippen LogP contribution is -2.39. The number of ether oxygens (including phenoxy) is 1. The summed E-state index contributed by atoms with van der Waals surface area (Å²) in [5, 5.41) is 3.59. The van der Waals surface area contributed by atoms with E-state index in [4.69, 9.17) is 4.74 Å². The molecular formula is C15H28N2O2. The molecule has 2 fully saturated rings. The van der Waals surface area contributed by atoms with Crippen LogP contribution in [0.25, 0.3) is 0 Å². The average Bonchev–Trinajstić information content (AvgIpc) is 3.09. The van der Waals surface area contributed by atoms with E-state index in [1.54, 1.807) is 0 Å². The summed E-state index contributed by atoms with van der Waals surface area (Å²) in [6, 6.07) is 0.621. The highest BCUT2D eigenvalue weighted by Crippen LogP contribution is 2.26. The largest absolute Gasteiger partial charge is 0.469 e. The van der Waals surface area contributed by atoms with Crippen LogP contribution in [0.4, 0.5) is 0 Å². The first kappa shape index (κ1) is 14.8. The Bertz CT molecular complexity index is 290. The summed E-state index contributed by atoms with van der Waals surface area (Å²) in [6.45, 7) is 6.23. The number of nitrogens with one attached hydrogen (secondary N) is 1. The maximum absolute atomic E-state index is 12.0. The molecule has 4 heteroatoms. The highest BCUT2D eigenvalue weighted by atomic mass is 16.5. The van der Waals surface area contributed by atoms with Gasteiger partial charge in [-0.25, -0.2) is 0 Å². The van der Waals surface area contributed by atoms with Crippen LogP contribution in [0.3, 0.4) is 0 Å². The maximum Gasteiger partial charge on any atom is 0.310 e. The smallest absolute Gasteiger partial charge is 0.310 e. The van der Waals surface area contributed by atoms with E-state index in [9.17, 15) is 4.79 Å². The molecule has 0 radical (unpaired) electrons. The van der Waals surface area contributed by atoms with Crippen LogP contribution in [-0.4, -0.2) is 50.2 Å². The molecule has 1 aliphatic heterocycles. The van der Waals surface area contributed by atoms with E-state index < -0.39 is 0 Å². The van der Waals surface area contributed by atoms with Crippen molar-refractivity contribution in [3.63, 3.8) is 0 Å². The molecule has 2 aliphatic rings. The number of nitrogens with zero attached hydrogens (tertiary/aromatic N) is 1. The summed E-state index contributed by atoms with van der Waals surface area (Å²) in [6.07, 6.45) is 6.31. The van der Waals surface area contributed by atoms with Crippen LogP contribution in [0.15, 0.2) is 0 Å². The van der Waals surface area contributed by atoms with Gasteiger partial charge in [0.25, 0.3) is 0 Å². The van der Waals surface area contributed by atoms with Crippen LogP contribution >= 0.6 is 0 Å². The molecule has 1 aliphatic carbocycles. The standard InChI is InChI=1S/C15H28N2O2/c1-3-17-9-8-12(11-17)14(15(18)19-2)10-16-13-6-4-5-7-13/h12-14,16H,3-11H2,1-2H3. The molecule has 110 valence electrons. The Labute approximate surface area is 116 Å². The molecule has 19 heavy (non-hydrogen) atoms. The normalized spacial score (nSPS) is 26.7. The molecule has 0 aromatic heterocycles. The second-order valence-corrected chi connectivity index (χ2v) is 5.96. The highest BCUT2D eigenvalue weighted by molar-refractivity contribution is 5.73. The van der Waals surface area contributed by atoms with Gasteiger partial charge >= 0.3 is 5.97 Å². The van der Waals surface area contributed by atoms with E-state index in [0.717, 1.165) is 32.6 Å². The maximum atomic E-state index is 12.0. The second-order valence-electron chi connectivity index (χ2n) is 5.96. The number of likely N-dealkylation sites (tertiary alicyclic amines) is 1. The van der Waals surface area contributed by atoms with Crippen molar-refractivity contribution < 1.29 is 9.53 Å². The van der Waals surface area contributed by atoms with Crippen LogP contribution in [0, 0.1) is 11.8 Å². The van der Waals surface area contributed by atoms with Gasteiger partial charge in [-0.2, -0.15) is 0 Å². The Morgan fingerprint density at radius 3 is 2.68 bits per heavy atom. The Balaban J connectivity index is 1.86. The van der Waals surface area contributed by atoms with Gasteiger partial charge in [-0.05, 0) is 38.3 Å². The molecule has 1 heterocycles. The number of rotatable bonds is 6. The lowest BCUT2D eigenvalue weighted by molar-refractivity contribution is -0.147. The van der Waals surface area contributed by atoms with E-state index in [0.29, 0.717) is 12.0 Å². The first-order valence-corrected chi connectivity index (χ1v) is 7.78. The predicted molar refractivity (Wildman–Crippen MR) is 76.0 cm³/mol. The minimum Gasteiger partial charge on any atom is -0.469 e. The molecule has 1 N–H and O–H groups in total. The summed E-state index contributed by atoms with van der Waals surface area (Å²) < 4.78 is 5.01. The molecule has 1 saturated heterocycles. The van der Waals surface area contributed by atoms with Crippen LogP contribution in [0.2, 0.25) is 0 Å². The van der Waals surface area contributed by atoms with Crippen LogP contribution < -0.4 is 5.32 Å². The predicted octanol–water partition coefficient (Wildman–Crippen LogP) is 1.65. The fourth-order valence-corrected chi connectivity index (χ4v) is 3.50. The summed E-state index contributed by atoms with van der Waals surface area (Å²) in [5.74, 6) is 0.455. The lowest BCUT2D eigenvalue weighted by atomic mass is 9.91. The van der Waals surface area contributed by atoms with Crippen molar-refractivity contribution in [2.24, 2.45) is 11.8 Å². The van der Waals surface area contributed by atoms with Gasteiger partial charge in [0, 0.05) is 19.1 Å². The van der Waals surface area contributed by atoms with Crippen molar-refractivity contribution in [3.8, 4) is 0 Å². The molecule has 2 unspecified atom stereocenters. The zero-order valence-corrected chi connectivity index (χ0v) is 12.4. The topological polar surface area (TPSA) is 41.6 Å². The Morgan fingerprint density at radius 2 is 2.11 bits per heavy atom. The lowest BCUT2D eigenvalue weighted by Gasteiger charge is -2.24. The summed E-state index contributed by atoms with van der Waals surface area (Å²) >= 11 is 0. The number of methoxy groups -OCH3 is 1. The van der Waals surface area contributed by atoms with Crippen molar-refractivity contribution >= 4 is 5.97 Å². The molecule has 1 saturated carbocycles. The van der Waals surface area contributed by atoms with Gasteiger partial charge in [-0.15, -0.1) is 0 Å². The molecule has 0 bridgehead atoms. The van der Waals surface area contributed by atoms with E-state index in [-0.39, 0.29) is 11.9 Å². The highest BCUT2D eigenvalue weighted by Gasteiger charge is 2.34. The zero-order valence-electron chi connectivity index (χ0n) is 12.4. The molecule has 0 spiro atoms. The number of hydrogen-bond donors (Lipinski definition) is 1. The van der Waals surface area contributed by atoms with Gasteiger partial charge in [-0.1, -0.05) is 19.8 Å². The first-order chi connectivity index (χ1) is 9.24. The molecule has 4 nitrogen and oxygen atoms in total. The van der Waals surface area contributed by atoms with Crippen LogP contribution in [0.1, 0.15) is 39.0 Å². The molecular weight excluding hydrogens is 240 g/mol. The Kier molecular flexibility index (Phi) is 5.64. The fraction of sp³-hybridized carbons (Fsp3) is 0.933. The number of carbonyl (C=O) groups is 1. The summed E-state index contributed by atoms with van der Waals surface area (Å²) in [7, 11) is 1.51. The monoisotopic (exact) mass is 268 g/mol. The Morgan fingerprint density at radius 1 is 1.37 bits per heavy atom. The number of esters is 1. The van der Waals surface area contributed by atoms with Gasteiger partial charge in [0.05, 0.1) is 13.0 Å². The van der Waals surface area contributed by atoms with Gasteiger partial charge in [0.15, 0.2) is 0 Å². The van der Waals surface area contributed by atoms with E-state index in [2.05, 4.69) is 17.1 Å². The third-order valence-electron chi connectivity index (χ3n) is 4.81. The number of hydrogen-bond acceptors (Lipinski definition) is 4. The van der Waals surface area contributed by atoms with Crippen molar-refractivity contribution in [2.45, 2.75) is 45.1 Å². The van der Waals surface area contributed by atoms with Crippen molar-refractivity contribution in [2.75, 3.05) is 33.3 Å². The third-order valence-corrected chi connectivity index (χ3v) is 4.81. The molecule has 0 aromatic carbocycles. The van der Waals surface area contributed by atoms with Crippen molar-refractivity contribution in [3.05, 3.63) is 0 Å². The van der Waals surface area contributed by atoms with Gasteiger partial charge in [0.1, 0.15) is 0 Å². The van der Waals surface area contributed by atoms with E-state index in [1.165, 1.54) is 32.8 Å². The quantitative estimate of drug-likeness (QED) is 0.744. The number of carbonyl (C=O) groups excluding carboxylic acids is 1. The summed E-state index contributed by atoms with van der Waals surface area (Å²) in [5.41, 5.74) is 0.